The molecule has 31 heavy (non-hydrogen) atoms. The van der Waals surface area contributed by atoms with Gasteiger partial charge in [0.25, 0.3) is 0 Å². The van der Waals surface area contributed by atoms with E-state index in [1.54, 1.807) is 13.8 Å². The summed E-state index contributed by atoms with van der Waals surface area (Å²) in [5, 5.41) is 61.6. The zero-order valence-corrected chi connectivity index (χ0v) is 17.7. The highest BCUT2D eigenvalue weighted by molar-refractivity contribution is 5.04. The highest BCUT2D eigenvalue weighted by atomic mass is 16.8. The van der Waals surface area contributed by atoms with Gasteiger partial charge in [-0.2, -0.15) is 0 Å². The fraction of sp³-hybridized carbons (Fsp3) is 0.895. The van der Waals surface area contributed by atoms with Crippen molar-refractivity contribution in [1.29, 1.82) is 0 Å². The topological polar surface area (TPSA) is 177 Å². The van der Waals surface area contributed by atoms with Crippen molar-refractivity contribution < 1.29 is 59.1 Å². The fourth-order valence-electron chi connectivity index (χ4n) is 3.89. The molecule has 3 heterocycles. The molecular formula is C19H32O12. The van der Waals surface area contributed by atoms with E-state index in [1.807, 2.05) is 0 Å². The molecule has 12 heteroatoms. The third-order valence-corrected chi connectivity index (χ3v) is 5.90. The summed E-state index contributed by atoms with van der Waals surface area (Å²) < 4.78 is 33.1. The Morgan fingerprint density at radius 3 is 1.94 bits per heavy atom. The van der Waals surface area contributed by atoms with Crippen LogP contribution in [0.3, 0.4) is 0 Å². The van der Waals surface area contributed by atoms with Gasteiger partial charge in [-0.3, -0.25) is 0 Å². The lowest BCUT2D eigenvalue weighted by atomic mass is 9.97. The summed E-state index contributed by atoms with van der Waals surface area (Å²) in [5.74, 6) is -0.443. The standard InChI is InChI=1S/C19H32O12/c1-6-10(21)13(24)17(31-18-14(25)16(26-4)11(22)7(2)28-18)19(29-6)30-15-8(3)27-5-9(20)12(15)23/h5-8,10-25H,1-4H3/t6?,7?,8?,10-,11-,12-,13?,14+,15?,16?,17+,18+,19+/m0/s1. The highest BCUT2D eigenvalue weighted by Crippen LogP contribution is 2.32. The van der Waals surface area contributed by atoms with Gasteiger partial charge in [-0.05, 0) is 20.8 Å². The molecular weight excluding hydrogens is 420 g/mol. The second-order valence-electron chi connectivity index (χ2n) is 8.11. The molecule has 12 nitrogen and oxygen atoms in total. The van der Waals surface area contributed by atoms with E-state index in [4.69, 9.17) is 28.4 Å². The van der Waals surface area contributed by atoms with E-state index >= 15 is 0 Å². The molecule has 3 rings (SSSR count). The van der Waals surface area contributed by atoms with E-state index in [1.165, 1.54) is 14.0 Å². The Hall–Kier alpha value is -1.06. The summed E-state index contributed by atoms with van der Waals surface area (Å²) in [6.07, 6.45) is -14.2. The average Bonchev–Trinajstić information content (AvgIpc) is 2.73. The summed E-state index contributed by atoms with van der Waals surface area (Å²) >= 11 is 0. The number of aliphatic hydroxyl groups excluding tert-OH is 6. The number of rotatable bonds is 5. The Kier molecular flexibility index (Phi) is 7.79. The first-order valence-electron chi connectivity index (χ1n) is 10.2. The average molecular weight is 452 g/mol. The first kappa shape index (κ1) is 24.6. The van der Waals surface area contributed by atoms with E-state index in [2.05, 4.69) is 0 Å². The Morgan fingerprint density at radius 1 is 0.710 bits per heavy atom. The Labute approximate surface area is 179 Å². The van der Waals surface area contributed by atoms with Crippen LogP contribution < -0.4 is 0 Å². The van der Waals surface area contributed by atoms with Crippen LogP contribution in [-0.4, -0.2) is 117 Å². The van der Waals surface area contributed by atoms with Crippen molar-refractivity contribution in [1.82, 2.24) is 0 Å². The van der Waals surface area contributed by atoms with Crippen molar-refractivity contribution in [2.45, 2.75) is 100 Å². The van der Waals surface area contributed by atoms with E-state index in [0.29, 0.717) is 0 Å². The van der Waals surface area contributed by atoms with Gasteiger partial charge in [-0.15, -0.1) is 0 Å². The van der Waals surface area contributed by atoms with Crippen molar-refractivity contribution in [2.24, 2.45) is 0 Å². The maximum Gasteiger partial charge on any atom is 0.187 e. The SMILES string of the molecule is COC1[C@@H](O)C(C)O[C@H](O[C@@H]2C(O)[C@@H](O)C(C)O[C@@H]2OC2C(C)OC=C(O)[C@@H]2O)[C@@H]1O. The number of hydrogen-bond acceptors (Lipinski definition) is 12. The van der Waals surface area contributed by atoms with Gasteiger partial charge < -0.3 is 59.1 Å². The number of aliphatic hydroxyl groups is 6. The molecule has 0 saturated carbocycles. The Morgan fingerprint density at radius 2 is 1.29 bits per heavy atom. The number of ether oxygens (including phenoxy) is 6. The molecule has 0 amide bonds. The Balaban J connectivity index is 1.80. The molecule has 180 valence electrons. The lowest BCUT2D eigenvalue weighted by Crippen LogP contribution is -2.64. The third-order valence-electron chi connectivity index (χ3n) is 5.90. The summed E-state index contributed by atoms with van der Waals surface area (Å²) in [7, 11) is 1.31. The largest absolute Gasteiger partial charge is 0.506 e. The third kappa shape index (κ3) is 4.83. The van der Waals surface area contributed by atoms with Crippen molar-refractivity contribution in [3.8, 4) is 0 Å². The highest BCUT2D eigenvalue weighted by Gasteiger charge is 2.51. The molecule has 0 radical (unpaired) electrons. The van der Waals surface area contributed by atoms with Gasteiger partial charge in [-0.25, -0.2) is 0 Å². The van der Waals surface area contributed by atoms with Crippen LogP contribution in [0.2, 0.25) is 0 Å². The van der Waals surface area contributed by atoms with Gasteiger partial charge in [0.1, 0.15) is 61.2 Å². The molecule has 2 saturated heterocycles. The molecule has 2 fully saturated rings. The molecule has 0 aromatic carbocycles. The summed E-state index contributed by atoms with van der Waals surface area (Å²) in [6, 6.07) is 0. The molecule has 0 bridgehead atoms. The predicted octanol–water partition coefficient (Wildman–Crippen LogP) is -2.12. The van der Waals surface area contributed by atoms with E-state index < -0.39 is 85.5 Å². The van der Waals surface area contributed by atoms with Crippen LogP contribution in [0.1, 0.15) is 20.8 Å². The molecule has 0 aliphatic carbocycles. The Bertz CT molecular complexity index is 631. The zero-order chi connectivity index (χ0) is 23.0. The van der Waals surface area contributed by atoms with Gasteiger partial charge in [0.05, 0.1) is 12.2 Å². The minimum atomic E-state index is -1.51. The summed E-state index contributed by atoms with van der Waals surface area (Å²) in [4.78, 5) is 0. The smallest absolute Gasteiger partial charge is 0.187 e. The van der Waals surface area contributed by atoms with E-state index in [9.17, 15) is 30.6 Å². The number of methoxy groups -OCH3 is 1. The van der Waals surface area contributed by atoms with Crippen LogP contribution in [0.25, 0.3) is 0 Å². The second-order valence-corrected chi connectivity index (χ2v) is 8.11. The van der Waals surface area contributed by atoms with Crippen LogP contribution >= 0.6 is 0 Å². The van der Waals surface area contributed by atoms with Crippen molar-refractivity contribution in [2.75, 3.05) is 7.11 Å². The van der Waals surface area contributed by atoms with Crippen LogP contribution in [0.5, 0.6) is 0 Å². The maximum atomic E-state index is 10.6. The van der Waals surface area contributed by atoms with Crippen molar-refractivity contribution in [3.05, 3.63) is 12.0 Å². The minimum absolute atomic E-state index is 0.443. The monoisotopic (exact) mass is 452 g/mol. The minimum Gasteiger partial charge on any atom is -0.506 e. The van der Waals surface area contributed by atoms with Gasteiger partial charge in [-0.1, -0.05) is 0 Å². The molecule has 6 N–H and O–H groups in total. The van der Waals surface area contributed by atoms with Crippen molar-refractivity contribution in [3.63, 3.8) is 0 Å². The molecule has 0 spiro atoms. The van der Waals surface area contributed by atoms with Gasteiger partial charge in [0, 0.05) is 7.11 Å². The van der Waals surface area contributed by atoms with Crippen molar-refractivity contribution >= 4 is 0 Å². The maximum absolute atomic E-state index is 10.6. The molecule has 3 aliphatic rings. The summed E-state index contributed by atoms with van der Waals surface area (Å²) in [5.41, 5.74) is 0. The van der Waals surface area contributed by atoms with Crippen LogP contribution in [0.15, 0.2) is 12.0 Å². The lowest BCUT2D eigenvalue weighted by Gasteiger charge is -2.47. The van der Waals surface area contributed by atoms with E-state index in [0.717, 1.165) is 6.26 Å². The number of hydrogen-bond donors (Lipinski definition) is 6. The summed E-state index contributed by atoms with van der Waals surface area (Å²) in [6.45, 7) is 4.68. The van der Waals surface area contributed by atoms with Gasteiger partial charge >= 0.3 is 0 Å². The fourth-order valence-corrected chi connectivity index (χ4v) is 3.89. The van der Waals surface area contributed by atoms with E-state index in [-0.39, 0.29) is 0 Å². The first-order valence-corrected chi connectivity index (χ1v) is 10.2. The molecule has 0 aromatic heterocycles. The molecule has 13 atom stereocenters. The normalized spacial score (nSPS) is 51.1. The second kappa shape index (κ2) is 9.83. The van der Waals surface area contributed by atoms with Gasteiger partial charge in [0.2, 0.25) is 0 Å². The van der Waals surface area contributed by atoms with Crippen LogP contribution in [0.4, 0.5) is 0 Å². The molecule has 3 aliphatic heterocycles. The predicted molar refractivity (Wildman–Crippen MR) is 101 cm³/mol. The van der Waals surface area contributed by atoms with Crippen LogP contribution in [0, 0.1) is 0 Å². The quantitative estimate of drug-likeness (QED) is 0.268. The van der Waals surface area contributed by atoms with Crippen LogP contribution in [-0.2, 0) is 28.4 Å². The first-order chi connectivity index (χ1) is 14.6. The molecule has 0 aromatic rings. The van der Waals surface area contributed by atoms with Gasteiger partial charge in [0.15, 0.2) is 18.3 Å². The lowest BCUT2D eigenvalue weighted by molar-refractivity contribution is -0.372. The molecule has 6 unspecified atom stereocenters. The zero-order valence-electron chi connectivity index (χ0n) is 17.7.